The molecule has 0 radical (unpaired) electrons. The number of nitrogens with one attached hydrogen (secondary N) is 2. The molecule has 2 N–H and O–H groups in total. The highest BCUT2D eigenvalue weighted by Gasteiger charge is 2.20. The molecule has 154 valence electrons. The maximum Gasteiger partial charge on any atom is 0.261 e. The Balaban J connectivity index is 1.48. The van der Waals surface area contributed by atoms with Crippen LogP contribution >= 0.6 is 0 Å². The van der Waals surface area contributed by atoms with Crippen LogP contribution in [-0.2, 0) is 10.0 Å². The molecule has 1 aliphatic carbocycles. The van der Waals surface area contributed by atoms with Crippen molar-refractivity contribution in [3.63, 3.8) is 0 Å². The fraction of sp³-hybridized carbons (Fsp3) is 0.381. The summed E-state index contributed by atoms with van der Waals surface area (Å²) in [6, 6.07) is 11.1. The minimum Gasteiger partial charge on any atom is -0.454 e. The van der Waals surface area contributed by atoms with Crippen molar-refractivity contribution >= 4 is 21.6 Å². The smallest absolute Gasteiger partial charge is 0.261 e. The molecule has 2 aromatic carbocycles. The topological polar surface area (TPSA) is 93.7 Å². The van der Waals surface area contributed by atoms with Gasteiger partial charge in [0.1, 0.15) is 0 Å². The summed E-state index contributed by atoms with van der Waals surface area (Å²) in [4.78, 5) is 12.7. The van der Waals surface area contributed by atoms with Crippen LogP contribution < -0.4 is 19.5 Å². The van der Waals surface area contributed by atoms with E-state index in [2.05, 4.69) is 10.0 Å². The van der Waals surface area contributed by atoms with Crippen molar-refractivity contribution in [2.75, 3.05) is 11.5 Å². The molecular formula is C21H24N2O5S. The Labute approximate surface area is 170 Å². The van der Waals surface area contributed by atoms with E-state index in [1.54, 1.807) is 30.3 Å². The second-order valence-corrected chi connectivity index (χ2v) is 9.05. The zero-order valence-corrected chi connectivity index (χ0v) is 16.8. The number of fused-ring (bicyclic) bond motifs is 1. The van der Waals surface area contributed by atoms with Crippen LogP contribution in [0.1, 0.15) is 48.9 Å². The molecular weight excluding hydrogens is 392 g/mol. The van der Waals surface area contributed by atoms with E-state index in [1.165, 1.54) is 25.0 Å². The summed E-state index contributed by atoms with van der Waals surface area (Å²) < 4.78 is 38.6. The van der Waals surface area contributed by atoms with Crippen LogP contribution in [0.5, 0.6) is 11.5 Å². The number of hydrogen-bond acceptors (Lipinski definition) is 5. The molecule has 8 heteroatoms. The molecule has 0 atom stereocenters. The molecule has 1 amide bonds. The molecule has 1 fully saturated rings. The van der Waals surface area contributed by atoms with E-state index in [9.17, 15) is 13.2 Å². The highest BCUT2D eigenvalue weighted by molar-refractivity contribution is 7.92. The molecule has 2 aliphatic rings. The highest BCUT2D eigenvalue weighted by atomic mass is 32.2. The van der Waals surface area contributed by atoms with Crippen molar-refractivity contribution in [1.29, 1.82) is 0 Å². The monoisotopic (exact) mass is 416 g/mol. The number of benzene rings is 2. The predicted octanol–water partition coefficient (Wildman–Crippen LogP) is 3.67. The summed E-state index contributed by atoms with van der Waals surface area (Å²) in [5.41, 5.74) is 0.699. The summed E-state index contributed by atoms with van der Waals surface area (Å²) in [5, 5.41) is 3.05. The normalized spacial score (nSPS) is 16.8. The van der Waals surface area contributed by atoms with Crippen molar-refractivity contribution < 1.29 is 22.7 Å². The number of anilines is 1. The summed E-state index contributed by atoms with van der Waals surface area (Å²) in [6.07, 6.45) is 6.56. The summed E-state index contributed by atoms with van der Waals surface area (Å²) >= 11 is 0. The second kappa shape index (κ2) is 8.32. The Hall–Kier alpha value is -2.74. The Kier molecular flexibility index (Phi) is 5.62. The zero-order chi connectivity index (χ0) is 20.3. The highest BCUT2D eigenvalue weighted by Crippen LogP contribution is 2.34. The first-order valence-corrected chi connectivity index (χ1v) is 11.3. The molecule has 1 saturated carbocycles. The van der Waals surface area contributed by atoms with E-state index < -0.39 is 10.0 Å². The first kappa shape index (κ1) is 19.6. The van der Waals surface area contributed by atoms with Crippen molar-refractivity contribution in [2.45, 2.75) is 49.5 Å². The average Bonchev–Trinajstić information content (AvgIpc) is 3.03. The van der Waals surface area contributed by atoms with Crippen molar-refractivity contribution in [2.24, 2.45) is 0 Å². The van der Waals surface area contributed by atoms with Gasteiger partial charge in [-0.25, -0.2) is 8.42 Å². The van der Waals surface area contributed by atoms with Gasteiger partial charge in [-0.3, -0.25) is 9.52 Å². The Bertz CT molecular complexity index is 998. The lowest BCUT2D eigenvalue weighted by Gasteiger charge is -2.16. The number of ether oxygens (including phenoxy) is 2. The van der Waals surface area contributed by atoms with Gasteiger partial charge in [-0.2, -0.15) is 0 Å². The van der Waals surface area contributed by atoms with Gasteiger partial charge in [0.05, 0.1) is 10.6 Å². The van der Waals surface area contributed by atoms with Gasteiger partial charge in [-0.1, -0.05) is 31.7 Å². The maximum absolute atomic E-state index is 12.8. The standard InChI is InChI=1S/C21H24N2O5S/c24-21(22-16-7-3-1-2-4-8-16)15-6-5-9-18(12-15)29(25,26)23-17-10-11-19-20(13-17)28-14-27-19/h5-6,9-13,16,23H,1-4,7-8,14H2,(H,22,24). The lowest BCUT2D eigenvalue weighted by Crippen LogP contribution is -2.34. The van der Waals surface area contributed by atoms with E-state index in [1.807, 2.05) is 0 Å². The van der Waals surface area contributed by atoms with Crippen LogP contribution in [0.2, 0.25) is 0 Å². The lowest BCUT2D eigenvalue weighted by atomic mass is 10.1. The van der Waals surface area contributed by atoms with E-state index in [0.29, 0.717) is 22.7 Å². The van der Waals surface area contributed by atoms with Gasteiger partial charge >= 0.3 is 0 Å². The number of sulfonamides is 1. The van der Waals surface area contributed by atoms with Gasteiger partial charge in [0.2, 0.25) is 6.79 Å². The molecule has 1 heterocycles. The fourth-order valence-corrected chi connectivity index (χ4v) is 4.77. The van der Waals surface area contributed by atoms with E-state index in [0.717, 1.165) is 25.7 Å². The predicted molar refractivity (Wildman–Crippen MR) is 109 cm³/mol. The third kappa shape index (κ3) is 4.64. The molecule has 2 aromatic rings. The lowest BCUT2D eigenvalue weighted by molar-refractivity contribution is 0.0933. The molecule has 29 heavy (non-hydrogen) atoms. The fourth-order valence-electron chi connectivity index (χ4n) is 3.67. The van der Waals surface area contributed by atoms with E-state index in [4.69, 9.17) is 9.47 Å². The van der Waals surface area contributed by atoms with Crippen LogP contribution in [0.4, 0.5) is 5.69 Å². The Morgan fingerprint density at radius 2 is 1.69 bits per heavy atom. The van der Waals surface area contributed by atoms with Crippen molar-refractivity contribution in [3.05, 3.63) is 48.0 Å². The molecule has 1 aliphatic heterocycles. The number of amides is 1. The van der Waals surface area contributed by atoms with E-state index >= 15 is 0 Å². The van der Waals surface area contributed by atoms with Crippen molar-refractivity contribution in [3.8, 4) is 11.5 Å². The van der Waals surface area contributed by atoms with Gasteiger partial charge in [0.15, 0.2) is 11.5 Å². The molecule has 0 aromatic heterocycles. The molecule has 0 saturated heterocycles. The minimum atomic E-state index is -3.85. The van der Waals surface area contributed by atoms with Crippen LogP contribution in [0, 0.1) is 0 Å². The summed E-state index contributed by atoms with van der Waals surface area (Å²) in [5.74, 6) is 0.823. The largest absolute Gasteiger partial charge is 0.454 e. The second-order valence-electron chi connectivity index (χ2n) is 7.36. The minimum absolute atomic E-state index is 0.0312. The van der Waals surface area contributed by atoms with Gasteiger partial charge in [0.25, 0.3) is 15.9 Å². The van der Waals surface area contributed by atoms with Crippen LogP contribution in [-0.4, -0.2) is 27.2 Å². The maximum atomic E-state index is 12.8. The van der Waals surface area contributed by atoms with Crippen LogP contribution in [0.15, 0.2) is 47.4 Å². The first-order chi connectivity index (χ1) is 14.0. The summed E-state index contributed by atoms with van der Waals surface area (Å²) in [7, 11) is -3.85. The number of carbonyl (C=O) groups excluding carboxylic acids is 1. The Morgan fingerprint density at radius 3 is 2.48 bits per heavy atom. The van der Waals surface area contributed by atoms with Crippen LogP contribution in [0.3, 0.4) is 0 Å². The molecule has 0 spiro atoms. The molecule has 0 unspecified atom stereocenters. The van der Waals surface area contributed by atoms with Gasteiger partial charge in [-0.05, 0) is 43.2 Å². The molecule has 4 rings (SSSR count). The van der Waals surface area contributed by atoms with Gasteiger partial charge in [0, 0.05) is 17.7 Å². The molecule has 0 bridgehead atoms. The Morgan fingerprint density at radius 1 is 0.931 bits per heavy atom. The molecule has 7 nitrogen and oxygen atoms in total. The number of hydrogen-bond donors (Lipinski definition) is 2. The zero-order valence-electron chi connectivity index (χ0n) is 16.0. The van der Waals surface area contributed by atoms with Gasteiger partial charge < -0.3 is 14.8 Å². The number of rotatable bonds is 5. The average molecular weight is 416 g/mol. The first-order valence-electron chi connectivity index (χ1n) is 9.85. The quantitative estimate of drug-likeness (QED) is 0.726. The van der Waals surface area contributed by atoms with Gasteiger partial charge in [-0.15, -0.1) is 0 Å². The van der Waals surface area contributed by atoms with E-state index in [-0.39, 0.29) is 23.6 Å². The third-order valence-electron chi connectivity index (χ3n) is 5.22. The third-order valence-corrected chi connectivity index (χ3v) is 6.60. The van der Waals surface area contributed by atoms with Crippen molar-refractivity contribution in [1.82, 2.24) is 5.32 Å². The SMILES string of the molecule is O=C(NC1CCCCCC1)c1cccc(S(=O)(=O)Nc2ccc3c(c2)OCO3)c1. The van der Waals surface area contributed by atoms with Crippen LogP contribution in [0.25, 0.3) is 0 Å². The summed E-state index contributed by atoms with van der Waals surface area (Å²) in [6.45, 7) is 0.115. The number of carbonyl (C=O) groups is 1.